The van der Waals surface area contributed by atoms with Crippen LogP contribution in [0.2, 0.25) is 101 Å². The van der Waals surface area contributed by atoms with Gasteiger partial charge in [-0.3, -0.25) is 0 Å². The highest BCUT2D eigenvalue weighted by Crippen LogP contribution is 2.63. The molecule has 45 heavy (non-hydrogen) atoms. The molecule has 1 aromatic rings. The lowest BCUT2D eigenvalue weighted by molar-refractivity contribution is 0.461. The zero-order valence-electron chi connectivity index (χ0n) is 34.3. The van der Waals surface area contributed by atoms with Crippen molar-refractivity contribution in [1.29, 1.82) is 0 Å². The molecule has 0 aliphatic carbocycles. The highest BCUT2D eigenvalue weighted by Gasteiger charge is 2.77. The molecule has 0 unspecified atom stereocenters. The van der Waals surface area contributed by atoms with E-state index in [9.17, 15) is 11.1 Å². The van der Waals surface area contributed by atoms with Crippen LogP contribution in [-0.4, -0.2) is 53.9 Å². The maximum atomic E-state index is 9.21. The monoisotopic (exact) mass is 752 g/mol. The molecule has 0 N–H and O–H groups in total. The second kappa shape index (κ2) is 13.1. The third-order valence-electron chi connectivity index (χ3n) is 11.0. The first-order valence-electron chi connectivity index (χ1n) is 18.3. The molecule has 0 bridgehead atoms. The first kappa shape index (κ1) is 41.9. The lowest BCUT2D eigenvalue weighted by Crippen LogP contribution is -2.89. The van der Waals surface area contributed by atoms with Crippen molar-refractivity contribution < 1.29 is 0 Å². The molecule has 8 heteroatoms. The lowest BCUT2D eigenvalue weighted by atomic mass is 9.89. The Morgan fingerprint density at radius 1 is 0.600 bits per heavy atom. The van der Waals surface area contributed by atoms with E-state index < -0.39 is 53.9 Å². The van der Waals surface area contributed by atoms with E-state index in [0.717, 1.165) is 9.58 Å². The fraction of sp³-hybridized carbons (Fsp3) is 0.784. The van der Waals surface area contributed by atoms with Crippen molar-refractivity contribution in [2.45, 2.75) is 181 Å². The molecule has 0 radical (unpaired) electrons. The van der Waals surface area contributed by atoms with Gasteiger partial charge < -0.3 is 0 Å². The summed E-state index contributed by atoms with van der Waals surface area (Å²) >= 11 is 9.21. The molecular formula is C37H77ClSi7. The number of benzene rings is 1. The van der Waals surface area contributed by atoms with E-state index >= 15 is 0 Å². The van der Waals surface area contributed by atoms with Crippen LogP contribution in [0.25, 0.3) is 0 Å². The Bertz CT molecular complexity index is 1140. The van der Waals surface area contributed by atoms with Crippen molar-refractivity contribution >= 4 is 70.2 Å². The summed E-state index contributed by atoms with van der Waals surface area (Å²) in [5, 5.41) is 1.79. The van der Waals surface area contributed by atoms with Crippen molar-refractivity contribution in [2.75, 3.05) is 0 Å². The van der Waals surface area contributed by atoms with E-state index in [-0.39, 0.29) is 5.41 Å². The normalized spacial score (nSPS) is 22.4. The van der Waals surface area contributed by atoms with Gasteiger partial charge in [-0.15, -0.1) is 0 Å². The molecule has 0 nitrogen and oxygen atoms in total. The van der Waals surface area contributed by atoms with Crippen LogP contribution in [0.15, 0.2) is 23.5 Å². The zero-order valence-corrected chi connectivity index (χ0v) is 42.0. The van der Waals surface area contributed by atoms with Crippen LogP contribution in [0.1, 0.15) is 96.8 Å². The summed E-state index contributed by atoms with van der Waals surface area (Å²) in [6.07, 6.45) is -2.44. The Morgan fingerprint density at radius 2 is 0.933 bits per heavy atom. The molecule has 1 aliphatic heterocycles. The predicted octanol–water partition coefficient (Wildman–Crippen LogP) is 13.1. The Kier molecular flexibility index (Phi) is 12.3. The van der Waals surface area contributed by atoms with Crippen molar-refractivity contribution in [3.8, 4) is 0 Å². The molecule has 0 aromatic heterocycles. The van der Waals surface area contributed by atoms with Gasteiger partial charge in [0.15, 0.2) is 6.42 Å². The van der Waals surface area contributed by atoms with Crippen molar-refractivity contribution in [3.05, 3.63) is 40.2 Å². The second-order valence-electron chi connectivity index (χ2n) is 21.9. The SMILES string of the molecule is CC(C)c1cc(C(C)C)c([Si@@]2(C)C=C[Si@]2(Cl)[Si](CC(C)(C)C)(C([Si](C)(C)C)[Si](C)(C)C)C([Si](C)(C)C)[Si](C)(C)C)c(C(C)C)c1. The van der Waals surface area contributed by atoms with Gasteiger partial charge in [-0.1, -0.05) is 187 Å². The Balaban J connectivity index is 3.43. The summed E-state index contributed by atoms with van der Waals surface area (Å²) in [6, 6.07) is 6.71. The van der Waals surface area contributed by atoms with Crippen LogP contribution < -0.4 is 5.19 Å². The van der Waals surface area contributed by atoms with Gasteiger partial charge in [-0.05, 0) is 45.0 Å². The molecular weight excluding hydrogens is 676 g/mol. The Morgan fingerprint density at radius 3 is 1.13 bits per heavy atom. The van der Waals surface area contributed by atoms with Gasteiger partial charge in [0.1, 0.15) is 7.59 Å². The summed E-state index contributed by atoms with van der Waals surface area (Å²) in [7, 11) is -10.9. The highest BCUT2D eigenvalue weighted by molar-refractivity contribution is 7.92. The maximum Gasteiger partial charge on any atom is 0.168 e. The van der Waals surface area contributed by atoms with Gasteiger partial charge in [0.2, 0.25) is 0 Å². The standard InChI is InChI=1S/C37H77ClSi7/c1-28(2)31-25-32(29(3)4)34(33(26-31)30(5)6)43(22)23-24-45(43,38)44(27-37(7,8)9,35(39(10,11)12)40(13,14)15)36(41(16,17)18)42(19,20)21/h23-26,28-30,35-36H,27H2,1-22H3/t43-,45-/m1/s1. The highest BCUT2D eigenvalue weighted by atomic mass is 35.6. The Hall–Kier alpha value is 0.768. The molecule has 0 saturated carbocycles. The van der Waals surface area contributed by atoms with E-state index in [2.05, 4.69) is 171 Å². The third kappa shape index (κ3) is 7.91. The quantitative estimate of drug-likeness (QED) is 0.147. The maximum absolute atomic E-state index is 9.21. The van der Waals surface area contributed by atoms with Crippen LogP contribution in [-0.2, 0) is 0 Å². The van der Waals surface area contributed by atoms with E-state index in [4.69, 9.17) is 0 Å². The van der Waals surface area contributed by atoms with Crippen molar-refractivity contribution in [1.82, 2.24) is 0 Å². The van der Waals surface area contributed by atoms with Gasteiger partial charge in [0.25, 0.3) is 0 Å². The first-order valence-corrected chi connectivity index (χ1v) is 42.6. The van der Waals surface area contributed by atoms with Crippen LogP contribution >= 0.6 is 11.1 Å². The minimum Gasteiger partial charge on any atom is -0.168 e. The van der Waals surface area contributed by atoms with Crippen LogP contribution in [0, 0.1) is 5.41 Å². The molecule has 0 fully saturated rings. The van der Waals surface area contributed by atoms with Gasteiger partial charge >= 0.3 is 0 Å². The second-order valence-corrected chi connectivity index (χ2v) is 71.0. The Labute approximate surface area is 294 Å². The van der Waals surface area contributed by atoms with Crippen molar-refractivity contribution in [2.24, 2.45) is 5.41 Å². The first-order chi connectivity index (χ1) is 19.7. The average molecular weight is 754 g/mol. The van der Waals surface area contributed by atoms with E-state index in [1.807, 2.05) is 0 Å². The number of rotatable bonds is 12. The van der Waals surface area contributed by atoms with Crippen LogP contribution in [0.4, 0.5) is 0 Å². The lowest BCUT2D eigenvalue weighted by Gasteiger charge is -2.69. The summed E-state index contributed by atoms with van der Waals surface area (Å²) in [4.78, 5) is 1.84. The summed E-state index contributed by atoms with van der Waals surface area (Å²) < 4.78 is 0. The predicted molar refractivity (Wildman–Crippen MR) is 232 cm³/mol. The summed E-state index contributed by atoms with van der Waals surface area (Å²) in [6.45, 7) is 58.5. The minimum absolute atomic E-state index is 0.276. The molecule has 260 valence electrons. The average Bonchev–Trinajstić information content (AvgIpc) is 2.75. The van der Waals surface area contributed by atoms with E-state index in [1.165, 1.54) is 11.6 Å². The van der Waals surface area contributed by atoms with E-state index in [0.29, 0.717) is 17.8 Å². The zero-order chi connectivity index (χ0) is 35.7. The van der Waals surface area contributed by atoms with E-state index in [1.54, 1.807) is 16.3 Å². The molecule has 0 spiro atoms. The molecule has 2 rings (SSSR count). The largest absolute Gasteiger partial charge is 0.168 e. The van der Waals surface area contributed by atoms with Crippen LogP contribution in [0.3, 0.4) is 0 Å². The topological polar surface area (TPSA) is 0 Å². The van der Waals surface area contributed by atoms with Gasteiger partial charge in [-0.2, -0.15) is 11.1 Å². The third-order valence-corrected chi connectivity index (χ3v) is 87.4. The fourth-order valence-electron chi connectivity index (χ4n) is 11.4. The van der Waals surface area contributed by atoms with Gasteiger partial charge in [0, 0.05) is 32.3 Å². The molecule has 1 heterocycles. The fourth-order valence-corrected chi connectivity index (χ4v) is 136. The van der Waals surface area contributed by atoms with Gasteiger partial charge in [-0.25, -0.2) is 0 Å². The summed E-state index contributed by atoms with van der Waals surface area (Å²) in [5.74, 6) is 1.56. The molecule has 1 aromatic carbocycles. The molecule has 1 aliphatic rings. The summed E-state index contributed by atoms with van der Waals surface area (Å²) in [5.41, 5.74) is 10.7. The molecule has 0 saturated heterocycles. The number of halogens is 1. The van der Waals surface area contributed by atoms with Crippen molar-refractivity contribution in [3.63, 3.8) is 0 Å². The smallest absolute Gasteiger partial charge is 0.168 e. The number of hydrogen-bond donors (Lipinski definition) is 0. The minimum atomic E-state index is -2.44. The molecule has 0 amide bonds. The number of hydrogen-bond acceptors (Lipinski definition) is 0. The molecule has 2 atom stereocenters. The van der Waals surface area contributed by atoms with Crippen LogP contribution in [0.5, 0.6) is 0 Å². The van der Waals surface area contributed by atoms with Gasteiger partial charge in [0.05, 0.1) is 7.59 Å².